The summed E-state index contributed by atoms with van der Waals surface area (Å²) in [4.78, 5) is 16.3. The van der Waals surface area contributed by atoms with Gasteiger partial charge in [-0.15, -0.1) is 0 Å². The summed E-state index contributed by atoms with van der Waals surface area (Å²) in [5.41, 5.74) is 0.961. The maximum absolute atomic E-state index is 12.1. The first-order valence-electron chi connectivity index (χ1n) is 6.68. The van der Waals surface area contributed by atoms with Crippen LogP contribution in [0.5, 0.6) is 5.75 Å². The molecule has 0 fully saturated rings. The third-order valence-electron chi connectivity index (χ3n) is 2.95. The fourth-order valence-corrected chi connectivity index (χ4v) is 2.66. The molecule has 2 aromatic rings. The van der Waals surface area contributed by atoms with Crippen molar-refractivity contribution in [2.24, 2.45) is 0 Å². The van der Waals surface area contributed by atoms with E-state index in [1.54, 1.807) is 13.3 Å². The van der Waals surface area contributed by atoms with Crippen molar-refractivity contribution in [2.45, 2.75) is 23.7 Å². The molecule has 0 radical (unpaired) electrons. The number of pyridine rings is 1. The SMILES string of the molecule is COc1ccccc1CNC(=O)C(C)Sc1ccccn1. The highest BCUT2D eigenvalue weighted by atomic mass is 32.2. The van der Waals surface area contributed by atoms with Crippen molar-refractivity contribution in [3.63, 3.8) is 0 Å². The van der Waals surface area contributed by atoms with E-state index in [0.717, 1.165) is 16.3 Å². The monoisotopic (exact) mass is 302 g/mol. The van der Waals surface area contributed by atoms with Crippen LogP contribution in [0.2, 0.25) is 0 Å². The number of nitrogens with one attached hydrogen (secondary N) is 1. The maximum Gasteiger partial charge on any atom is 0.233 e. The number of para-hydroxylation sites is 1. The number of benzene rings is 1. The third-order valence-corrected chi connectivity index (χ3v) is 4.00. The molecule has 1 aromatic carbocycles. The second-order valence-electron chi connectivity index (χ2n) is 4.46. The van der Waals surface area contributed by atoms with Gasteiger partial charge in [0, 0.05) is 18.3 Å². The van der Waals surface area contributed by atoms with Crippen molar-refractivity contribution in [3.05, 3.63) is 54.2 Å². The van der Waals surface area contributed by atoms with E-state index in [1.165, 1.54) is 11.8 Å². The predicted octanol–water partition coefficient (Wildman–Crippen LogP) is 2.89. The Kier molecular flexibility index (Phi) is 5.63. The van der Waals surface area contributed by atoms with Gasteiger partial charge in [0.05, 0.1) is 17.4 Å². The van der Waals surface area contributed by atoms with Crippen LogP contribution >= 0.6 is 11.8 Å². The van der Waals surface area contributed by atoms with Crippen LogP contribution in [-0.4, -0.2) is 23.3 Å². The topological polar surface area (TPSA) is 51.2 Å². The number of hydrogen-bond donors (Lipinski definition) is 1. The Morgan fingerprint density at radius 2 is 2.05 bits per heavy atom. The summed E-state index contributed by atoms with van der Waals surface area (Å²) in [5, 5.41) is 3.57. The van der Waals surface area contributed by atoms with Crippen molar-refractivity contribution in [1.29, 1.82) is 0 Å². The van der Waals surface area contributed by atoms with E-state index in [-0.39, 0.29) is 11.2 Å². The fraction of sp³-hybridized carbons (Fsp3) is 0.250. The lowest BCUT2D eigenvalue weighted by atomic mass is 10.2. The minimum absolute atomic E-state index is 0.0171. The van der Waals surface area contributed by atoms with Crippen molar-refractivity contribution in [2.75, 3.05) is 7.11 Å². The molecule has 1 aromatic heterocycles. The fourth-order valence-electron chi connectivity index (χ4n) is 1.83. The molecule has 0 saturated carbocycles. The van der Waals surface area contributed by atoms with Crippen LogP contribution in [0, 0.1) is 0 Å². The third kappa shape index (κ3) is 4.49. The number of rotatable bonds is 6. The Morgan fingerprint density at radius 3 is 2.76 bits per heavy atom. The molecule has 2 rings (SSSR count). The van der Waals surface area contributed by atoms with Gasteiger partial charge in [-0.25, -0.2) is 4.98 Å². The zero-order valence-electron chi connectivity index (χ0n) is 12.1. The molecule has 0 aliphatic carbocycles. The van der Waals surface area contributed by atoms with Crippen LogP contribution in [0.4, 0.5) is 0 Å². The number of methoxy groups -OCH3 is 1. The van der Waals surface area contributed by atoms with Crippen molar-refractivity contribution >= 4 is 17.7 Å². The molecule has 1 amide bonds. The van der Waals surface area contributed by atoms with Crippen LogP contribution in [0.3, 0.4) is 0 Å². The number of carbonyl (C=O) groups is 1. The van der Waals surface area contributed by atoms with Gasteiger partial charge >= 0.3 is 0 Å². The van der Waals surface area contributed by atoms with Gasteiger partial charge in [-0.05, 0) is 25.1 Å². The van der Waals surface area contributed by atoms with Crippen LogP contribution in [0.1, 0.15) is 12.5 Å². The van der Waals surface area contributed by atoms with Gasteiger partial charge < -0.3 is 10.1 Å². The lowest BCUT2D eigenvalue weighted by molar-refractivity contribution is -0.120. The molecule has 1 unspecified atom stereocenters. The number of carbonyl (C=O) groups excluding carboxylic acids is 1. The zero-order valence-corrected chi connectivity index (χ0v) is 12.9. The summed E-state index contributed by atoms with van der Waals surface area (Å²) in [6, 6.07) is 13.3. The summed E-state index contributed by atoms with van der Waals surface area (Å²) < 4.78 is 5.27. The molecule has 21 heavy (non-hydrogen) atoms. The number of nitrogens with zero attached hydrogens (tertiary/aromatic N) is 1. The molecule has 0 spiro atoms. The standard InChI is InChI=1S/C16H18N2O2S/c1-12(21-15-9-5-6-10-17-15)16(19)18-11-13-7-3-4-8-14(13)20-2/h3-10,12H,11H2,1-2H3,(H,18,19). The smallest absolute Gasteiger partial charge is 0.233 e. The highest BCUT2D eigenvalue weighted by Gasteiger charge is 2.15. The quantitative estimate of drug-likeness (QED) is 0.834. The maximum atomic E-state index is 12.1. The molecular weight excluding hydrogens is 284 g/mol. The number of amides is 1. The molecule has 0 aliphatic heterocycles. The molecule has 4 nitrogen and oxygen atoms in total. The van der Waals surface area contributed by atoms with Gasteiger partial charge in [-0.2, -0.15) is 0 Å². The molecule has 5 heteroatoms. The van der Waals surface area contributed by atoms with Crippen molar-refractivity contribution in [3.8, 4) is 5.75 Å². The highest BCUT2D eigenvalue weighted by molar-refractivity contribution is 8.00. The summed E-state index contributed by atoms with van der Waals surface area (Å²) in [7, 11) is 1.63. The van der Waals surface area contributed by atoms with Crippen LogP contribution < -0.4 is 10.1 Å². The first-order valence-corrected chi connectivity index (χ1v) is 7.56. The number of aromatic nitrogens is 1. The van der Waals surface area contributed by atoms with Crippen LogP contribution in [-0.2, 0) is 11.3 Å². The summed E-state index contributed by atoms with van der Waals surface area (Å²) >= 11 is 1.44. The number of ether oxygens (including phenoxy) is 1. The average molecular weight is 302 g/mol. The van der Waals surface area contributed by atoms with E-state index >= 15 is 0 Å². The Hall–Kier alpha value is -2.01. The van der Waals surface area contributed by atoms with Gasteiger partial charge in [0.2, 0.25) is 5.91 Å². The van der Waals surface area contributed by atoms with Crippen LogP contribution in [0.25, 0.3) is 0 Å². The molecule has 0 aliphatic rings. The molecule has 1 atom stereocenters. The Balaban J connectivity index is 1.89. The minimum Gasteiger partial charge on any atom is -0.496 e. The lowest BCUT2D eigenvalue weighted by Gasteiger charge is -2.13. The lowest BCUT2D eigenvalue weighted by Crippen LogP contribution is -2.30. The predicted molar refractivity (Wildman–Crippen MR) is 84.4 cm³/mol. The van der Waals surface area contributed by atoms with E-state index < -0.39 is 0 Å². The van der Waals surface area contributed by atoms with Crippen molar-refractivity contribution < 1.29 is 9.53 Å². The van der Waals surface area contributed by atoms with E-state index in [1.807, 2.05) is 49.4 Å². The van der Waals surface area contributed by atoms with E-state index in [9.17, 15) is 4.79 Å². The highest BCUT2D eigenvalue weighted by Crippen LogP contribution is 2.21. The average Bonchev–Trinajstić information content (AvgIpc) is 2.53. The van der Waals surface area contributed by atoms with Gasteiger partial charge in [0.25, 0.3) is 0 Å². The van der Waals surface area contributed by atoms with Gasteiger partial charge in [0.15, 0.2) is 0 Å². The zero-order chi connectivity index (χ0) is 15.1. The molecular formula is C16H18N2O2S. The summed E-state index contributed by atoms with van der Waals surface area (Å²) in [6.07, 6.45) is 1.72. The summed E-state index contributed by atoms with van der Waals surface area (Å²) in [5.74, 6) is 0.763. The Morgan fingerprint density at radius 1 is 1.29 bits per heavy atom. The molecule has 1 N–H and O–H groups in total. The number of thioether (sulfide) groups is 1. The van der Waals surface area contributed by atoms with Gasteiger partial charge in [-0.1, -0.05) is 36.0 Å². The normalized spacial score (nSPS) is 11.7. The van der Waals surface area contributed by atoms with Gasteiger partial charge in [-0.3, -0.25) is 4.79 Å². The number of hydrogen-bond acceptors (Lipinski definition) is 4. The van der Waals surface area contributed by atoms with Crippen LogP contribution in [0.15, 0.2) is 53.7 Å². The Bertz CT molecular complexity index is 590. The molecule has 110 valence electrons. The van der Waals surface area contributed by atoms with E-state index in [2.05, 4.69) is 10.3 Å². The molecule has 0 saturated heterocycles. The largest absolute Gasteiger partial charge is 0.496 e. The minimum atomic E-state index is -0.199. The second-order valence-corrected chi connectivity index (χ2v) is 5.82. The molecule has 0 bridgehead atoms. The first-order chi connectivity index (χ1) is 10.2. The van der Waals surface area contributed by atoms with Gasteiger partial charge in [0.1, 0.15) is 5.75 Å². The van der Waals surface area contributed by atoms with Crippen molar-refractivity contribution in [1.82, 2.24) is 10.3 Å². The second kappa shape index (κ2) is 7.69. The first kappa shape index (κ1) is 15.4. The van der Waals surface area contributed by atoms with E-state index in [0.29, 0.717) is 6.54 Å². The molecule has 1 heterocycles. The summed E-state index contributed by atoms with van der Waals surface area (Å²) in [6.45, 7) is 2.33. The Labute approximate surface area is 128 Å². The van der Waals surface area contributed by atoms with E-state index in [4.69, 9.17) is 4.74 Å².